The molecule has 0 amide bonds. The van der Waals surface area contributed by atoms with Crippen molar-refractivity contribution >= 4 is 0 Å². The van der Waals surface area contributed by atoms with Gasteiger partial charge in [0.2, 0.25) is 0 Å². The van der Waals surface area contributed by atoms with E-state index in [0.29, 0.717) is 0 Å². The molecule has 1 atom stereocenters. The Hall–Kier alpha value is -0.0800. The highest BCUT2D eigenvalue weighted by atomic mass is 16.5. The van der Waals surface area contributed by atoms with Crippen molar-refractivity contribution in [2.45, 2.75) is 52.1 Å². The van der Waals surface area contributed by atoms with Gasteiger partial charge in [0.1, 0.15) is 0 Å². The summed E-state index contributed by atoms with van der Waals surface area (Å²) in [5, 5.41) is 0. The van der Waals surface area contributed by atoms with Crippen LogP contribution >= 0.6 is 0 Å². The van der Waals surface area contributed by atoms with Gasteiger partial charge < -0.3 is 10.5 Å². The van der Waals surface area contributed by atoms with Crippen LogP contribution in [0.4, 0.5) is 0 Å². The van der Waals surface area contributed by atoms with Crippen molar-refractivity contribution in [1.82, 2.24) is 0 Å². The number of hydrogen-bond donors (Lipinski definition) is 1. The first-order valence-corrected chi connectivity index (χ1v) is 5.17. The first-order chi connectivity index (χ1) is 5.83. The van der Waals surface area contributed by atoms with Crippen LogP contribution in [0.15, 0.2) is 0 Å². The van der Waals surface area contributed by atoms with E-state index in [1.54, 1.807) is 0 Å². The highest BCUT2D eigenvalue weighted by Crippen LogP contribution is 2.31. The Bertz CT molecular complexity index is 98.0. The Labute approximate surface area is 76.5 Å². The molecule has 0 radical (unpaired) electrons. The van der Waals surface area contributed by atoms with Gasteiger partial charge in [-0.05, 0) is 32.2 Å². The van der Waals surface area contributed by atoms with Crippen LogP contribution < -0.4 is 5.73 Å². The minimum Gasteiger partial charge on any atom is -0.375 e. The van der Waals surface area contributed by atoms with E-state index in [1.165, 1.54) is 12.8 Å². The molecule has 1 fully saturated rings. The maximum Gasteiger partial charge on any atom is 0.0692 e. The molecular formula is C10H23NO. The number of hydrogen-bond acceptors (Lipinski definition) is 2. The summed E-state index contributed by atoms with van der Waals surface area (Å²) < 4.78 is 5.65. The fourth-order valence-corrected chi connectivity index (χ4v) is 1.67. The Morgan fingerprint density at radius 1 is 1.42 bits per heavy atom. The summed E-state index contributed by atoms with van der Waals surface area (Å²) in [6.07, 6.45) is 4.57. The summed E-state index contributed by atoms with van der Waals surface area (Å²) in [6, 6.07) is 0. The molecule has 0 aromatic heterocycles. The topological polar surface area (TPSA) is 35.2 Å². The van der Waals surface area contributed by atoms with Crippen molar-refractivity contribution in [3.63, 3.8) is 0 Å². The van der Waals surface area contributed by atoms with Crippen molar-refractivity contribution in [1.29, 1.82) is 0 Å². The first-order valence-electron chi connectivity index (χ1n) is 5.17. The second-order valence-electron chi connectivity index (χ2n) is 3.03. The van der Waals surface area contributed by atoms with Gasteiger partial charge in [-0.2, -0.15) is 0 Å². The van der Waals surface area contributed by atoms with Crippen LogP contribution in [0.1, 0.15) is 46.5 Å². The highest BCUT2D eigenvalue weighted by Gasteiger charge is 2.31. The van der Waals surface area contributed by atoms with Crippen LogP contribution in [0.25, 0.3) is 0 Å². The number of nitrogens with two attached hydrogens (primary N) is 1. The van der Waals surface area contributed by atoms with Gasteiger partial charge in [-0.3, -0.25) is 0 Å². The Balaban J connectivity index is 0.000000561. The van der Waals surface area contributed by atoms with Gasteiger partial charge in [0.25, 0.3) is 0 Å². The SMILES string of the molecule is CC.CCC1(CCN)CCCO1. The van der Waals surface area contributed by atoms with Crippen molar-refractivity contribution in [3.05, 3.63) is 0 Å². The van der Waals surface area contributed by atoms with E-state index in [-0.39, 0.29) is 5.60 Å². The van der Waals surface area contributed by atoms with Crippen LogP contribution in [0, 0.1) is 0 Å². The second kappa shape index (κ2) is 6.44. The monoisotopic (exact) mass is 173 g/mol. The van der Waals surface area contributed by atoms with Gasteiger partial charge >= 0.3 is 0 Å². The third kappa shape index (κ3) is 3.11. The summed E-state index contributed by atoms with van der Waals surface area (Å²) in [5.74, 6) is 0. The van der Waals surface area contributed by atoms with Crippen molar-refractivity contribution in [2.24, 2.45) is 5.73 Å². The van der Waals surface area contributed by atoms with Crippen LogP contribution in [0.3, 0.4) is 0 Å². The molecule has 0 aromatic rings. The first kappa shape index (κ1) is 11.9. The molecule has 1 saturated heterocycles. The largest absolute Gasteiger partial charge is 0.375 e. The van der Waals surface area contributed by atoms with Crippen molar-refractivity contribution < 1.29 is 4.74 Å². The van der Waals surface area contributed by atoms with Crippen molar-refractivity contribution in [3.8, 4) is 0 Å². The second-order valence-corrected chi connectivity index (χ2v) is 3.03. The Morgan fingerprint density at radius 2 is 2.08 bits per heavy atom. The highest BCUT2D eigenvalue weighted by molar-refractivity contribution is 4.83. The van der Waals surface area contributed by atoms with Gasteiger partial charge in [0, 0.05) is 6.61 Å². The van der Waals surface area contributed by atoms with Crippen LogP contribution in [-0.4, -0.2) is 18.8 Å². The predicted molar refractivity (Wildman–Crippen MR) is 53.2 cm³/mol. The standard InChI is InChI=1S/C8H17NO.C2H6/c1-2-8(5-6-9)4-3-7-10-8;1-2/h2-7,9H2,1H3;1-2H3. The predicted octanol–water partition coefficient (Wildman–Crippen LogP) is 2.32. The smallest absolute Gasteiger partial charge is 0.0692 e. The molecule has 2 heteroatoms. The lowest BCUT2D eigenvalue weighted by Gasteiger charge is -2.25. The molecule has 0 aromatic carbocycles. The van der Waals surface area contributed by atoms with Gasteiger partial charge in [-0.25, -0.2) is 0 Å². The molecule has 1 heterocycles. The molecule has 1 unspecified atom stereocenters. The van der Waals surface area contributed by atoms with E-state index >= 15 is 0 Å². The zero-order chi connectivity index (χ0) is 9.45. The maximum atomic E-state index is 5.65. The number of ether oxygens (including phenoxy) is 1. The minimum absolute atomic E-state index is 0.161. The van der Waals surface area contributed by atoms with E-state index in [4.69, 9.17) is 10.5 Å². The average Bonchev–Trinajstić information content (AvgIpc) is 2.58. The molecule has 1 aliphatic heterocycles. The minimum atomic E-state index is 0.161. The van der Waals surface area contributed by atoms with Gasteiger partial charge in [0.05, 0.1) is 5.60 Å². The van der Waals surface area contributed by atoms with E-state index in [2.05, 4.69) is 6.92 Å². The molecule has 2 nitrogen and oxygen atoms in total. The van der Waals surface area contributed by atoms with Gasteiger partial charge in [0.15, 0.2) is 0 Å². The van der Waals surface area contributed by atoms with E-state index in [1.807, 2.05) is 13.8 Å². The molecule has 0 saturated carbocycles. The Morgan fingerprint density at radius 3 is 2.42 bits per heavy atom. The van der Waals surface area contributed by atoms with Crippen molar-refractivity contribution in [2.75, 3.05) is 13.2 Å². The zero-order valence-electron chi connectivity index (χ0n) is 8.73. The zero-order valence-corrected chi connectivity index (χ0v) is 8.73. The molecule has 12 heavy (non-hydrogen) atoms. The fraction of sp³-hybridized carbons (Fsp3) is 1.00. The molecule has 0 bridgehead atoms. The Kier molecular flexibility index (Phi) is 6.39. The van der Waals surface area contributed by atoms with Crippen LogP contribution in [-0.2, 0) is 4.74 Å². The van der Waals surface area contributed by atoms with Crippen LogP contribution in [0.5, 0.6) is 0 Å². The maximum absolute atomic E-state index is 5.65. The molecule has 1 rings (SSSR count). The summed E-state index contributed by atoms with van der Waals surface area (Å²) in [6.45, 7) is 7.88. The third-order valence-corrected chi connectivity index (χ3v) is 2.43. The van der Waals surface area contributed by atoms with Gasteiger partial charge in [-0.1, -0.05) is 20.8 Å². The summed E-state index contributed by atoms with van der Waals surface area (Å²) in [5.41, 5.74) is 5.65. The summed E-state index contributed by atoms with van der Waals surface area (Å²) >= 11 is 0. The molecule has 74 valence electrons. The molecule has 2 N–H and O–H groups in total. The summed E-state index contributed by atoms with van der Waals surface area (Å²) in [4.78, 5) is 0. The lowest BCUT2D eigenvalue weighted by atomic mass is 9.93. The molecule has 0 aliphatic carbocycles. The summed E-state index contributed by atoms with van der Waals surface area (Å²) in [7, 11) is 0. The average molecular weight is 173 g/mol. The normalized spacial score (nSPS) is 28.0. The molecular weight excluding hydrogens is 150 g/mol. The fourth-order valence-electron chi connectivity index (χ4n) is 1.67. The number of rotatable bonds is 3. The quantitative estimate of drug-likeness (QED) is 0.711. The third-order valence-electron chi connectivity index (χ3n) is 2.43. The van der Waals surface area contributed by atoms with Crippen LogP contribution in [0.2, 0.25) is 0 Å². The lowest BCUT2D eigenvalue weighted by Crippen LogP contribution is -2.29. The van der Waals surface area contributed by atoms with E-state index < -0.39 is 0 Å². The van der Waals surface area contributed by atoms with Gasteiger partial charge in [-0.15, -0.1) is 0 Å². The molecule has 0 spiro atoms. The van der Waals surface area contributed by atoms with E-state index in [0.717, 1.165) is 26.0 Å². The molecule has 1 aliphatic rings. The van der Waals surface area contributed by atoms with E-state index in [9.17, 15) is 0 Å². The lowest BCUT2D eigenvalue weighted by molar-refractivity contribution is -0.00377.